The van der Waals surface area contributed by atoms with E-state index in [1.807, 2.05) is 0 Å². The van der Waals surface area contributed by atoms with Crippen LogP contribution in [0.5, 0.6) is 0 Å². The van der Waals surface area contributed by atoms with Crippen LogP contribution in [0.25, 0.3) is 0 Å². The summed E-state index contributed by atoms with van der Waals surface area (Å²) in [4.78, 5) is 2.31. The molecule has 14 heavy (non-hydrogen) atoms. The highest BCUT2D eigenvalue weighted by Crippen LogP contribution is 1.99. The standard InChI is InChI=1S/C11H26N2O/c1-5-13(3)9-8-12-7-6-11(2)10-14-4/h11-12H,5-10H2,1-4H3. The molecule has 0 aliphatic rings. The number of nitrogens with zero attached hydrogens (tertiary/aromatic N) is 1. The molecule has 0 saturated heterocycles. The van der Waals surface area contributed by atoms with Gasteiger partial charge in [-0.1, -0.05) is 13.8 Å². The fourth-order valence-electron chi connectivity index (χ4n) is 1.27. The molecule has 0 aromatic rings. The molecule has 0 amide bonds. The number of hydrogen-bond donors (Lipinski definition) is 1. The largest absolute Gasteiger partial charge is 0.384 e. The molecule has 86 valence electrons. The minimum atomic E-state index is 0.663. The van der Waals surface area contributed by atoms with Crippen molar-refractivity contribution in [2.75, 3.05) is 46.9 Å². The average molecular weight is 202 g/mol. The highest BCUT2D eigenvalue weighted by atomic mass is 16.5. The Kier molecular flexibility index (Phi) is 9.35. The smallest absolute Gasteiger partial charge is 0.0488 e. The third kappa shape index (κ3) is 8.48. The van der Waals surface area contributed by atoms with Crippen LogP contribution in [0.4, 0.5) is 0 Å². The Hall–Kier alpha value is -0.120. The molecule has 0 spiro atoms. The van der Waals surface area contributed by atoms with Crippen LogP contribution in [0, 0.1) is 5.92 Å². The molecular weight excluding hydrogens is 176 g/mol. The van der Waals surface area contributed by atoms with Crippen molar-refractivity contribution in [1.82, 2.24) is 10.2 Å². The maximum absolute atomic E-state index is 5.08. The van der Waals surface area contributed by atoms with Crippen molar-refractivity contribution < 1.29 is 4.74 Å². The van der Waals surface area contributed by atoms with Gasteiger partial charge in [-0.3, -0.25) is 0 Å². The van der Waals surface area contributed by atoms with E-state index < -0.39 is 0 Å². The Morgan fingerprint density at radius 3 is 2.64 bits per heavy atom. The van der Waals surface area contributed by atoms with Crippen molar-refractivity contribution in [2.24, 2.45) is 5.92 Å². The molecule has 0 fully saturated rings. The van der Waals surface area contributed by atoms with Crippen LogP contribution in [0.1, 0.15) is 20.3 Å². The molecule has 0 aliphatic heterocycles. The van der Waals surface area contributed by atoms with Crippen LogP contribution in [-0.4, -0.2) is 51.8 Å². The zero-order valence-corrected chi connectivity index (χ0v) is 10.2. The first-order valence-corrected chi connectivity index (χ1v) is 5.58. The van der Waals surface area contributed by atoms with E-state index in [0.29, 0.717) is 5.92 Å². The predicted octanol–water partition coefficient (Wildman–Crippen LogP) is 1.20. The number of methoxy groups -OCH3 is 1. The van der Waals surface area contributed by atoms with Crippen LogP contribution in [0.2, 0.25) is 0 Å². The summed E-state index contributed by atoms with van der Waals surface area (Å²) in [6.45, 7) is 9.73. The van der Waals surface area contributed by atoms with E-state index in [-0.39, 0.29) is 0 Å². The maximum Gasteiger partial charge on any atom is 0.0488 e. The molecular formula is C11H26N2O. The minimum absolute atomic E-state index is 0.663. The molecule has 0 radical (unpaired) electrons. The Labute approximate surface area is 88.8 Å². The number of hydrogen-bond acceptors (Lipinski definition) is 3. The molecule has 1 N–H and O–H groups in total. The van der Waals surface area contributed by atoms with Gasteiger partial charge in [0, 0.05) is 26.8 Å². The summed E-state index contributed by atoms with van der Waals surface area (Å²) in [5, 5.41) is 3.44. The van der Waals surface area contributed by atoms with Crippen molar-refractivity contribution in [3.05, 3.63) is 0 Å². The van der Waals surface area contributed by atoms with E-state index in [2.05, 4.69) is 31.1 Å². The van der Waals surface area contributed by atoms with E-state index in [4.69, 9.17) is 4.74 Å². The van der Waals surface area contributed by atoms with Crippen LogP contribution >= 0.6 is 0 Å². The summed E-state index contributed by atoms with van der Waals surface area (Å²) in [6, 6.07) is 0. The predicted molar refractivity (Wildman–Crippen MR) is 61.7 cm³/mol. The molecule has 0 aliphatic carbocycles. The third-order valence-corrected chi connectivity index (χ3v) is 2.48. The lowest BCUT2D eigenvalue weighted by Gasteiger charge is -2.15. The highest BCUT2D eigenvalue weighted by Gasteiger charge is 2.00. The summed E-state index contributed by atoms with van der Waals surface area (Å²) >= 11 is 0. The molecule has 0 aromatic heterocycles. The molecule has 0 bridgehead atoms. The molecule has 1 unspecified atom stereocenters. The van der Waals surface area contributed by atoms with Crippen molar-refractivity contribution in [3.63, 3.8) is 0 Å². The monoisotopic (exact) mass is 202 g/mol. The van der Waals surface area contributed by atoms with Gasteiger partial charge in [-0.2, -0.15) is 0 Å². The summed E-state index contributed by atoms with van der Waals surface area (Å²) < 4.78 is 5.08. The summed E-state index contributed by atoms with van der Waals surface area (Å²) in [5.74, 6) is 0.663. The molecule has 0 aromatic carbocycles. The van der Waals surface area contributed by atoms with Gasteiger partial charge in [0.05, 0.1) is 0 Å². The van der Waals surface area contributed by atoms with E-state index in [9.17, 15) is 0 Å². The topological polar surface area (TPSA) is 24.5 Å². The first kappa shape index (κ1) is 13.9. The van der Waals surface area contributed by atoms with Gasteiger partial charge in [0.15, 0.2) is 0 Å². The van der Waals surface area contributed by atoms with Crippen LogP contribution in [0.15, 0.2) is 0 Å². The number of nitrogens with one attached hydrogen (secondary N) is 1. The van der Waals surface area contributed by atoms with Gasteiger partial charge in [-0.25, -0.2) is 0 Å². The quantitative estimate of drug-likeness (QED) is 0.569. The number of rotatable bonds is 9. The van der Waals surface area contributed by atoms with Crippen molar-refractivity contribution in [1.29, 1.82) is 0 Å². The third-order valence-electron chi connectivity index (χ3n) is 2.48. The van der Waals surface area contributed by atoms with Gasteiger partial charge in [-0.05, 0) is 32.5 Å². The first-order chi connectivity index (χ1) is 6.70. The van der Waals surface area contributed by atoms with E-state index >= 15 is 0 Å². The lowest BCUT2D eigenvalue weighted by atomic mass is 10.1. The van der Waals surface area contributed by atoms with Crippen LogP contribution in [0.3, 0.4) is 0 Å². The lowest BCUT2D eigenvalue weighted by Crippen LogP contribution is -2.30. The Balaban J connectivity index is 3.13. The van der Waals surface area contributed by atoms with E-state index in [1.165, 1.54) is 6.42 Å². The van der Waals surface area contributed by atoms with Crippen molar-refractivity contribution >= 4 is 0 Å². The van der Waals surface area contributed by atoms with Gasteiger partial charge < -0.3 is 15.0 Å². The first-order valence-electron chi connectivity index (χ1n) is 5.58. The fourth-order valence-corrected chi connectivity index (χ4v) is 1.27. The molecule has 0 heterocycles. The number of ether oxygens (including phenoxy) is 1. The summed E-state index contributed by atoms with van der Waals surface area (Å²) in [5.41, 5.74) is 0. The van der Waals surface area contributed by atoms with Gasteiger partial charge in [0.2, 0.25) is 0 Å². The van der Waals surface area contributed by atoms with E-state index in [0.717, 1.165) is 32.8 Å². The molecule has 0 saturated carbocycles. The normalized spacial score (nSPS) is 13.5. The SMILES string of the molecule is CCN(C)CCNCCC(C)COC. The summed E-state index contributed by atoms with van der Waals surface area (Å²) in [7, 11) is 3.91. The molecule has 3 heteroatoms. The minimum Gasteiger partial charge on any atom is -0.384 e. The van der Waals surface area contributed by atoms with E-state index in [1.54, 1.807) is 7.11 Å². The molecule has 3 nitrogen and oxygen atoms in total. The Morgan fingerprint density at radius 2 is 2.07 bits per heavy atom. The second-order valence-electron chi connectivity index (χ2n) is 4.00. The summed E-state index contributed by atoms with van der Waals surface area (Å²) in [6.07, 6.45) is 1.20. The Morgan fingerprint density at radius 1 is 1.36 bits per heavy atom. The zero-order chi connectivity index (χ0) is 10.8. The van der Waals surface area contributed by atoms with Gasteiger partial charge in [0.1, 0.15) is 0 Å². The van der Waals surface area contributed by atoms with Gasteiger partial charge in [-0.15, -0.1) is 0 Å². The van der Waals surface area contributed by atoms with Gasteiger partial charge >= 0.3 is 0 Å². The van der Waals surface area contributed by atoms with Crippen LogP contribution < -0.4 is 5.32 Å². The van der Waals surface area contributed by atoms with Gasteiger partial charge in [0.25, 0.3) is 0 Å². The molecule has 0 rings (SSSR count). The second kappa shape index (κ2) is 9.44. The van der Waals surface area contributed by atoms with Crippen molar-refractivity contribution in [2.45, 2.75) is 20.3 Å². The highest BCUT2D eigenvalue weighted by molar-refractivity contribution is 4.56. The Bertz CT molecular complexity index is 120. The second-order valence-corrected chi connectivity index (χ2v) is 4.00. The zero-order valence-electron chi connectivity index (χ0n) is 10.2. The lowest BCUT2D eigenvalue weighted by molar-refractivity contribution is 0.155. The average Bonchev–Trinajstić information content (AvgIpc) is 2.17. The molecule has 1 atom stereocenters. The number of likely N-dealkylation sites (N-methyl/N-ethyl adjacent to an activating group) is 1. The van der Waals surface area contributed by atoms with Crippen LogP contribution in [-0.2, 0) is 4.74 Å². The van der Waals surface area contributed by atoms with Crippen molar-refractivity contribution in [3.8, 4) is 0 Å². The fraction of sp³-hybridized carbons (Fsp3) is 1.00. The maximum atomic E-state index is 5.08.